The maximum atomic E-state index is 13.2. The zero-order chi connectivity index (χ0) is 39.6. The first-order chi connectivity index (χ1) is 28.4. The second kappa shape index (κ2) is 17.1. The second-order valence-electron chi connectivity index (χ2n) is 14.5. The predicted molar refractivity (Wildman–Crippen MR) is 220 cm³/mol. The number of imidazole rings is 1. The van der Waals surface area contributed by atoms with Gasteiger partial charge in [0.1, 0.15) is 18.2 Å². The van der Waals surface area contributed by atoms with Crippen molar-refractivity contribution in [3.8, 4) is 11.4 Å². The summed E-state index contributed by atoms with van der Waals surface area (Å²) in [6.45, 7) is 3.48. The van der Waals surface area contributed by atoms with Crippen LogP contribution in [0.15, 0.2) is 91.3 Å². The predicted octanol–water partition coefficient (Wildman–Crippen LogP) is 3.53. The van der Waals surface area contributed by atoms with Crippen molar-refractivity contribution < 1.29 is 15.0 Å². The summed E-state index contributed by atoms with van der Waals surface area (Å²) < 4.78 is 1.81. The van der Waals surface area contributed by atoms with E-state index < -0.39 is 24.3 Å². The summed E-state index contributed by atoms with van der Waals surface area (Å²) in [6, 6.07) is 26.1. The molecule has 19 nitrogen and oxygen atoms in total. The Kier molecular flexibility index (Phi) is 11.4. The first-order valence-electron chi connectivity index (χ1n) is 19.3. The highest BCUT2D eigenvalue weighted by molar-refractivity contribution is 5.90. The smallest absolute Gasteiger partial charge is 0.319 e. The van der Waals surface area contributed by atoms with Gasteiger partial charge in [0, 0.05) is 49.3 Å². The lowest BCUT2D eigenvalue weighted by Gasteiger charge is -2.22. The number of aryl methyl sites for hydroxylation is 1. The van der Waals surface area contributed by atoms with Gasteiger partial charge < -0.3 is 35.6 Å². The van der Waals surface area contributed by atoms with E-state index in [2.05, 4.69) is 76.3 Å². The topological polar surface area (TPSA) is 239 Å². The van der Waals surface area contributed by atoms with Crippen molar-refractivity contribution in [1.29, 1.82) is 0 Å². The number of tetrazole rings is 2. The number of fused-ring (bicyclic) bond motifs is 1. The molecule has 9 rings (SSSR count). The third kappa shape index (κ3) is 8.12. The zero-order valence-corrected chi connectivity index (χ0v) is 32.8. The highest BCUT2D eigenvalue weighted by atomic mass is 35.5. The molecule has 1 aliphatic heterocycles. The van der Waals surface area contributed by atoms with E-state index in [4.69, 9.17) is 15.0 Å². The molecule has 2 fully saturated rings. The van der Waals surface area contributed by atoms with E-state index in [0.29, 0.717) is 79.2 Å². The number of hydrogen-bond acceptors (Lipinski definition) is 14. The molecule has 4 aromatic heterocycles. The number of H-pyrrole nitrogens is 1. The molecule has 5 atom stereocenters. The van der Waals surface area contributed by atoms with Gasteiger partial charge in [-0.3, -0.25) is 0 Å². The monoisotopic (exact) mass is 818 g/mol. The molecule has 7 aromatic rings. The lowest BCUT2D eigenvalue weighted by molar-refractivity contribution is 0.00473. The summed E-state index contributed by atoms with van der Waals surface area (Å²) in [6.07, 6.45) is 0.923. The van der Waals surface area contributed by atoms with Crippen LogP contribution < -0.4 is 20.9 Å². The van der Waals surface area contributed by atoms with Crippen LogP contribution in [0.25, 0.3) is 22.6 Å². The summed E-state index contributed by atoms with van der Waals surface area (Å²) in [5.41, 5.74) is 4.64. The fourth-order valence-electron chi connectivity index (χ4n) is 7.88. The number of amides is 2. The third-order valence-corrected chi connectivity index (χ3v) is 10.9. The van der Waals surface area contributed by atoms with Gasteiger partial charge in [-0.2, -0.15) is 14.8 Å². The Bertz CT molecular complexity index is 2440. The van der Waals surface area contributed by atoms with Gasteiger partial charge in [-0.15, -0.1) is 27.7 Å². The molecule has 0 bridgehead atoms. The van der Waals surface area contributed by atoms with Crippen LogP contribution in [0.1, 0.15) is 54.7 Å². The van der Waals surface area contributed by atoms with E-state index in [0.717, 1.165) is 16.7 Å². The molecular formula is C39H43ClN16O3. The Labute approximate surface area is 344 Å². The standard InChI is InChI=1S/C39H42N16O3.ClH/c1-2-31-46-52-55(49-31)30-19-29(33(56)34(30)57)54-22-41-32-36(40-20-28(23-10-5-3-6-11-23)24-12-7-4-8-13-24)44-38(45-37(32)54)53-17-16-27(21-53)43-39(58)42-26-15-9-14-25(18-26)35-47-50-51-48-35;/h3-15,18,22,27-30,33-34,56-57H,2,16-17,19-21H2,1H3,(H,40,44,45)(H2,42,43,58)(H,47,48,50,51);1H. The van der Waals surface area contributed by atoms with Crippen molar-refractivity contribution in [2.75, 3.05) is 35.2 Å². The number of urea groups is 1. The Morgan fingerprint density at radius 2 is 1.71 bits per heavy atom. The number of aromatic amines is 1. The second-order valence-corrected chi connectivity index (χ2v) is 14.5. The van der Waals surface area contributed by atoms with Crippen molar-refractivity contribution >= 4 is 47.1 Å². The molecule has 0 radical (unpaired) electrons. The van der Waals surface area contributed by atoms with Crippen LogP contribution in [0.3, 0.4) is 0 Å². The van der Waals surface area contributed by atoms with E-state index in [1.54, 1.807) is 18.5 Å². The minimum atomic E-state index is -1.15. The van der Waals surface area contributed by atoms with Crippen LogP contribution in [0.5, 0.6) is 0 Å². The third-order valence-electron chi connectivity index (χ3n) is 10.9. The molecule has 304 valence electrons. The number of aliphatic hydroxyl groups is 2. The van der Waals surface area contributed by atoms with E-state index in [1.165, 1.54) is 4.80 Å². The lowest BCUT2D eigenvalue weighted by atomic mass is 9.91. The molecule has 2 aliphatic rings. The average Bonchev–Trinajstić information content (AvgIpc) is 4.11. The Morgan fingerprint density at radius 3 is 2.42 bits per heavy atom. The largest absolute Gasteiger partial charge is 0.388 e. The van der Waals surface area contributed by atoms with Crippen LogP contribution in [0.2, 0.25) is 0 Å². The fraction of sp³-hybridized carbons (Fsp3) is 0.333. The number of rotatable bonds is 12. The molecule has 1 saturated heterocycles. The van der Waals surface area contributed by atoms with Gasteiger partial charge in [0.25, 0.3) is 0 Å². The molecule has 2 amide bonds. The SMILES string of the molecule is CCc1nnn(C2CC(n3cnc4c(NCC(c5ccccc5)c5ccccc5)nc(N5CCC(NC(=O)Nc6cccc(-c7nnn[nH]7)c6)C5)nc43)C(O)C2O)n1.Cl. The van der Waals surface area contributed by atoms with E-state index >= 15 is 0 Å². The van der Waals surface area contributed by atoms with Gasteiger partial charge in [-0.25, -0.2) is 14.9 Å². The molecule has 5 heterocycles. The molecular weight excluding hydrogens is 776 g/mol. The summed E-state index contributed by atoms with van der Waals surface area (Å²) in [5.74, 6) is 2.03. The Balaban J connectivity index is 0.00000484. The molecule has 6 N–H and O–H groups in total. The number of nitrogens with zero attached hydrogens (tertiary/aromatic N) is 12. The molecule has 20 heteroatoms. The highest BCUT2D eigenvalue weighted by Gasteiger charge is 2.45. The fourth-order valence-corrected chi connectivity index (χ4v) is 7.88. The number of carbonyl (C=O) groups excluding carboxylic acids is 1. The first kappa shape index (κ1) is 39.3. The van der Waals surface area contributed by atoms with Gasteiger partial charge in [0.15, 0.2) is 28.6 Å². The van der Waals surface area contributed by atoms with Gasteiger partial charge >= 0.3 is 6.03 Å². The maximum absolute atomic E-state index is 13.2. The zero-order valence-electron chi connectivity index (χ0n) is 31.9. The molecule has 5 unspecified atom stereocenters. The highest BCUT2D eigenvalue weighted by Crippen LogP contribution is 2.40. The average molecular weight is 819 g/mol. The number of anilines is 3. The lowest BCUT2D eigenvalue weighted by Crippen LogP contribution is -2.40. The van der Waals surface area contributed by atoms with Crippen LogP contribution in [-0.4, -0.2) is 114 Å². The molecule has 0 spiro atoms. The number of halogens is 1. The van der Waals surface area contributed by atoms with Gasteiger partial charge in [0.2, 0.25) is 5.95 Å². The minimum absolute atomic E-state index is 0. The van der Waals surface area contributed by atoms with E-state index in [-0.39, 0.29) is 30.4 Å². The minimum Gasteiger partial charge on any atom is -0.388 e. The molecule has 1 aliphatic carbocycles. The van der Waals surface area contributed by atoms with Crippen molar-refractivity contribution in [3.63, 3.8) is 0 Å². The normalized spacial score (nSPS) is 20.2. The van der Waals surface area contributed by atoms with Crippen molar-refractivity contribution in [1.82, 2.24) is 65.7 Å². The number of aliphatic hydroxyl groups excluding tert-OH is 2. The van der Waals surface area contributed by atoms with E-state index in [9.17, 15) is 15.0 Å². The summed E-state index contributed by atoms with van der Waals surface area (Å²) in [4.78, 5) is 31.5. The van der Waals surface area contributed by atoms with Crippen LogP contribution in [-0.2, 0) is 6.42 Å². The number of hydrogen-bond donors (Lipinski definition) is 6. The molecule has 3 aromatic carbocycles. The number of carbonyl (C=O) groups is 1. The quantitative estimate of drug-likeness (QED) is 0.104. The van der Waals surface area contributed by atoms with Crippen LogP contribution >= 0.6 is 12.4 Å². The number of aromatic nitrogens is 12. The number of nitrogens with one attached hydrogen (secondary N) is 4. The van der Waals surface area contributed by atoms with Crippen molar-refractivity contribution in [2.24, 2.45) is 0 Å². The van der Waals surface area contributed by atoms with E-state index in [1.807, 2.05) is 64.9 Å². The summed E-state index contributed by atoms with van der Waals surface area (Å²) in [5, 5.41) is 58.9. The number of benzene rings is 3. The van der Waals surface area contributed by atoms with Crippen molar-refractivity contribution in [2.45, 2.75) is 62.4 Å². The Hall–Kier alpha value is -6.57. The van der Waals surface area contributed by atoms with Crippen LogP contribution in [0.4, 0.5) is 22.2 Å². The maximum Gasteiger partial charge on any atom is 0.319 e. The van der Waals surface area contributed by atoms with Gasteiger partial charge in [0.05, 0.1) is 12.4 Å². The molecule has 1 saturated carbocycles. The summed E-state index contributed by atoms with van der Waals surface area (Å²) >= 11 is 0. The van der Waals surface area contributed by atoms with Crippen LogP contribution in [0, 0.1) is 0 Å². The summed E-state index contributed by atoms with van der Waals surface area (Å²) in [7, 11) is 0. The van der Waals surface area contributed by atoms with Gasteiger partial charge in [-0.05, 0) is 51.7 Å². The Morgan fingerprint density at radius 1 is 0.949 bits per heavy atom. The first-order valence-corrected chi connectivity index (χ1v) is 19.3. The molecule has 59 heavy (non-hydrogen) atoms. The van der Waals surface area contributed by atoms with Gasteiger partial charge in [-0.1, -0.05) is 79.7 Å². The van der Waals surface area contributed by atoms with Crippen molar-refractivity contribution in [3.05, 3.63) is 108 Å².